The highest BCUT2D eigenvalue weighted by Crippen LogP contribution is 2.36. The summed E-state index contributed by atoms with van der Waals surface area (Å²) >= 11 is 6.23. The van der Waals surface area contributed by atoms with Crippen LogP contribution in [0.2, 0.25) is 5.02 Å². The molecule has 2 aliphatic rings. The highest BCUT2D eigenvalue weighted by atomic mass is 35.5. The highest BCUT2D eigenvalue weighted by molar-refractivity contribution is 6.31. The number of halogens is 1. The van der Waals surface area contributed by atoms with E-state index in [9.17, 15) is 0 Å². The molecule has 6 heteroatoms. The summed E-state index contributed by atoms with van der Waals surface area (Å²) in [7, 11) is 0. The van der Waals surface area contributed by atoms with E-state index in [-0.39, 0.29) is 6.61 Å². The molecule has 1 atom stereocenters. The van der Waals surface area contributed by atoms with Crippen LogP contribution < -0.4 is 14.8 Å². The molecule has 0 amide bonds. The van der Waals surface area contributed by atoms with Gasteiger partial charge in [-0.05, 0) is 23.8 Å². The molecule has 24 heavy (non-hydrogen) atoms. The molecule has 2 aromatic carbocycles. The molecule has 2 heterocycles. The van der Waals surface area contributed by atoms with Crippen molar-refractivity contribution in [3.8, 4) is 11.5 Å². The number of para-hydroxylation sites is 2. The first kappa shape index (κ1) is 15.3. The number of amidine groups is 1. The first-order chi connectivity index (χ1) is 11.8. The average Bonchev–Trinajstić information content (AvgIpc) is 3.16. The fraction of sp³-hybridized carbons (Fsp3) is 0.278. The minimum atomic E-state index is -1.09. The van der Waals surface area contributed by atoms with Crippen LogP contribution in [0.3, 0.4) is 0 Å². The monoisotopic (exact) mass is 344 g/mol. The van der Waals surface area contributed by atoms with E-state index in [4.69, 9.17) is 25.8 Å². The van der Waals surface area contributed by atoms with E-state index in [1.807, 2.05) is 48.5 Å². The molecule has 0 fully saturated rings. The Morgan fingerprint density at radius 1 is 1.12 bits per heavy atom. The summed E-state index contributed by atoms with van der Waals surface area (Å²) < 4.78 is 18.2. The van der Waals surface area contributed by atoms with Gasteiger partial charge >= 0.3 is 5.79 Å². The number of hydrogen-bond acceptors (Lipinski definition) is 5. The van der Waals surface area contributed by atoms with Crippen LogP contribution >= 0.6 is 11.6 Å². The number of nitrogens with zero attached hydrogens (tertiary/aromatic N) is 1. The van der Waals surface area contributed by atoms with E-state index >= 15 is 0 Å². The molecule has 124 valence electrons. The summed E-state index contributed by atoms with van der Waals surface area (Å²) in [6.45, 7) is 1.97. The van der Waals surface area contributed by atoms with Crippen LogP contribution in [-0.2, 0) is 11.3 Å². The van der Waals surface area contributed by atoms with Gasteiger partial charge < -0.3 is 19.5 Å². The lowest BCUT2D eigenvalue weighted by Gasteiger charge is -2.37. The van der Waals surface area contributed by atoms with Crippen LogP contribution in [-0.4, -0.2) is 31.3 Å². The maximum atomic E-state index is 6.23. The van der Waals surface area contributed by atoms with Crippen LogP contribution in [0, 0.1) is 0 Å². The van der Waals surface area contributed by atoms with Gasteiger partial charge in [0.15, 0.2) is 23.9 Å². The van der Waals surface area contributed by atoms with Crippen LogP contribution in [0.1, 0.15) is 5.56 Å². The number of nitrogens with one attached hydrogen (secondary N) is 1. The van der Waals surface area contributed by atoms with Crippen molar-refractivity contribution >= 4 is 17.4 Å². The molecule has 2 aromatic rings. The summed E-state index contributed by atoms with van der Waals surface area (Å²) in [4.78, 5) is 4.48. The van der Waals surface area contributed by atoms with Gasteiger partial charge in [0.25, 0.3) is 0 Å². The number of fused-ring (bicyclic) bond motifs is 1. The van der Waals surface area contributed by atoms with E-state index < -0.39 is 5.79 Å². The van der Waals surface area contributed by atoms with E-state index in [1.165, 1.54) is 0 Å². The van der Waals surface area contributed by atoms with Gasteiger partial charge in [-0.15, -0.1) is 0 Å². The first-order valence-electron chi connectivity index (χ1n) is 7.84. The van der Waals surface area contributed by atoms with Gasteiger partial charge in [0.2, 0.25) is 0 Å². The van der Waals surface area contributed by atoms with Gasteiger partial charge in [-0.3, -0.25) is 4.99 Å². The predicted molar refractivity (Wildman–Crippen MR) is 91.8 cm³/mol. The third kappa shape index (κ3) is 2.81. The first-order valence-corrected chi connectivity index (χ1v) is 8.22. The van der Waals surface area contributed by atoms with Crippen LogP contribution in [0.4, 0.5) is 0 Å². The summed E-state index contributed by atoms with van der Waals surface area (Å²) in [5.74, 6) is 0.903. The molecule has 0 radical (unpaired) electrons. The van der Waals surface area contributed by atoms with Crippen LogP contribution in [0.25, 0.3) is 0 Å². The Balaban J connectivity index is 1.62. The molecular weight excluding hydrogens is 328 g/mol. The third-order valence-corrected chi connectivity index (χ3v) is 4.36. The van der Waals surface area contributed by atoms with Crippen molar-refractivity contribution in [3.63, 3.8) is 0 Å². The SMILES string of the molecule is Clc1ccccc1COC1(C2=NCCN2)COc2ccccc2O1. The predicted octanol–water partition coefficient (Wildman–Crippen LogP) is 3.03. The molecule has 0 spiro atoms. The Morgan fingerprint density at radius 2 is 1.92 bits per heavy atom. The number of ether oxygens (including phenoxy) is 3. The number of benzene rings is 2. The van der Waals surface area contributed by atoms with Crippen LogP contribution in [0.15, 0.2) is 53.5 Å². The minimum Gasteiger partial charge on any atom is -0.482 e. The smallest absolute Gasteiger partial charge is 0.304 e. The second kappa shape index (κ2) is 6.34. The average molecular weight is 345 g/mol. The minimum absolute atomic E-state index is 0.223. The summed E-state index contributed by atoms with van der Waals surface area (Å²) in [5.41, 5.74) is 0.889. The zero-order valence-corrected chi connectivity index (χ0v) is 13.8. The lowest BCUT2D eigenvalue weighted by atomic mass is 10.2. The summed E-state index contributed by atoms with van der Waals surface area (Å²) in [6.07, 6.45) is 0. The normalized spacial score (nSPS) is 22.0. The molecule has 0 saturated heterocycles. The van der Waals surface area contributed by atoms with Crippen molar-refractivity contribution in [3.05, 3.63) is 59.1 Å². The zero-order valence-electron chi connectivity index (χ0n) is 13.0. The molecule has 5 nitrogen and oxygen atoms in total. The Kier molecular flexibility index (Phi) is 4.04. The highest BCUT2D eigenvalue weighted by Gasteiger charge is 2.45. The largest absolute Gasteiger partial charge is 0.482 e. The van der Waals surface area contributed by atoms with Crippen molar-refractivity contribution in [1.29, 1.82) is 0 Å². The fourth-order valence-electron chi connectivity index (χ4n) is 2.75. The summed E-state index contributed by atoms with van der Waals surface area (Å²) in [6, 6.07) is 15.1. The van der Waals surface area contributed by atoms with Crippen molar-refractivity contribution in [2.75, 3.05) is 19.7 Å². The molecule has 4 rings (SSSR count). The zero-order chi connectivity index (χ0) is 16.4. The second-order valence-electron chi connectivity index (χ2n) is 5.63. The number of hydrogen-bond donors (Lipinski definition) is 1. The molecule has 0 aliphatic carbocycles. The summed E-state index contributed by atoms with van der Waals surface area (Å²) in [5, 5.41) is 3.89. The maximum absolute atomic E-state index is 6.23. The fourth-order valence-corrected chi connectivity index (χ4v) is 2.94. The second-order valence-corrected chi connectivity index (χ2v) is 6.03. The van der Waals surface area contributed by atoms with E-state index in [1.54, 1.807) is 0 Å². The van der Waals surface area contributed by atoms with Crippen LogP contribution in [0.5, 0.6) is 11.5 Å². The lowest BCUT2D eigenvalue weighted by Crippen LogP contribution is -2.57. The van der Waals surface area contributed by atoms with Crippen molar-refractivity contribution in [1.82, 2.24) is 5.32 Å². The Morgan fingerprint density at radius 3 is 2.71 bits per heavy atom. The van der Waals surface area contributed by atoms with Crippen molar-refractivity contribution < 1.29 is 14.2 Å². The van der Waals surface area contributed by atoms with Gasteiger partial charge in [0.1, 0.15) is 0 Å². The molecule has 0 aromatic heterocycles. The van der Waals surface area contributed by atoms with Crippen molar-refractivity contribution in [2.45, 2.75) is 12.4 Å². The Bertz CT molecular complexity index is 780. The molecule has 0 bridgehead atoms. The molecule has 2 aliphatic heterocycles. The van der Waals surface area contributed by atoms with Gasteiger partial charge in [-0.2, -0.15) is 0 Å². The van der Waals surface area contributed by atoms with Gasteiger partial charge in [0.05, 0.1) is 13.2 Å². The molecule has 1 unspecified atom stereocenters. The van der Waals surface area contributed by atoms with Gasteiger partial charge in [-0.25, -0.2) is 0 Å². The topological polar surface area (TPSA) is 52.1 Å². The Hall–Kier alpha value is -2.24. The quantitative estimate of drug-likeness (QED) is 0.926. The number of rotatable bonds is 4. The van der Waals surface area contributed by atoms with Crippen molar-refractivity contribution in [2.24, 2.45) is 4.99 Å². The molecule has 0 saturated carbocycles. The maximum Gasteiger partial charge on any atom is 0.304 e. The van der Waals surface area contributed by atoms with Gasteiger partial charge in [0, 0.05) is 11.6 Å². The van der Waals surface area contributed by atoms with Gasteiger partial charge in [-0.1, -0.05) is 41.9 Å². The third-order valence-electron chi connectivity index (χ3n) is 4.00. The molecular formula is C18H17ClN2O3. The number of aliphatic imine (C=N–C) groups is 1. The van der Waals surface area contributed by atoms with E-state index in [2.05, 4.69) is 10.3 Å². The standard InChI is InChI=1S/C18H17ClN2O3/c19-14-6-2-1-5-13(14)11-23-18(17-20-9-10-21-17)12-22-15-7-3-4-8-16(15)24-18/h1-8H,9-12H2,(H,20,21). The van der Waals surface area contributed by atoms with E-state index in [0.717, 1.165) is 12.1 Å². The lowest BCUT2D eigenvalue weighted by molar-refractivity contribution is -0.172. The Labute approximate surface area is 145 Å². The van der Waals surface area contributed by atoms with E-state index in [0.29, 0.717) is 35.5 Å². The molecule has 1 N–H and O–H groups in total.